The quantitative estimate of drug-likeness (QED) is 0.653. The average molecular weight is 261 g/mol. The van der Waals surface area contributed by atoms with Crippen molar-refractivity contribution in [2.75, 3.05) is 5.73 Å². The normalized spacial score (nSPS) is 10.6. The molecule has 0 amide bonds. The Morgan fingerprint density at radius 3 is 2.84 bits per heavy atom. The number of para-hydroxylation sites is 1. The highest BCUT2D eigenvalue weighted by molar-refractivity contribution is 5.41. The molecular formula is C12H15N5O2. The first-order chi connectivity index (χ1) is 9.13. The minimum absolute atomic E-state index is 0.0824. The Morgan fingerprint density at radius 2 is 2.16 bits per heavy atom. The maximum absolute atomic E-state index is 11.0. The Kier molecular flexibility index (Phi) is 3.74. The molecule has 0 saturated heterocycles. The summed E-state index contributed by atoms with van der Waals surface area (Å²) in [5.74, 6) is 0.389. The molecule has 0 atom stereocenters. The third-order valence-corrected chi connectivity index (χ3v) is 2.86. The molecule has 2 N–H and O–H groups in total. The first kappa shape index (κ1) is 13.0. The highest BCUT2D eigenvalue weighted by Gasteiger charge is 2.16. The van der Waals surface area contributed by atoms with Crippen LogP contribution in [0, 0.1) is 10.1 Å². The molecule has 2 aromatic rings. The van der Waals surface area contributed by atoms with E-state index in [1.807, 2.05) is 6.92 Å². The van der Waals surface area contributed by atoms with Gasteiger partial charge in [-0.2, -0.15) is 0 Å². The summed E-state index contributed by atoms with van der Waals surface area (Å²) in [6, 6.07) is 6.60. The first-order valence-corrected chi connectivity index (χ1v) is 6.03. The summed E-state index contributed by atoms with van der Waals surface area (Å²) in [5.41, 5.74) is 7.25. The highest BCUT2D eigenvalue weighted by atomic mass is 16.6. The summed E-state index contributed by atoms with van der Waals surface area (Å²) >= 11 is 0. The molecule has 7 heteroatoms. The highest BCUT2D eigenvalue weighted by Crippen LogP contribution is 2.20. The predicted molar refractivity (Wildman–Crippen MR) is 70.6 cm³/mol. The SMILES string of the molecule is CCCc1c(N)nnn1Cc1ccccc1[N+](=O)[O-]. The fraction of sp³-hybridized carbons (Fsp3) is 0.333. The topological polar surface area (TPSA) is 99.9 Å². The lowest BCUT2D eigenvalue weighted by Gasteiger charge is -2.06. The Bertz CT molecular complexity index is 594. The molecule has 7 nitrogen and oxygen atoms in total. The van der Waals surface area contributed by atoms with Crippen molar-refractivity contribution >= 4 is 11.5 Å². The number of nitro benzene ring substituents is 1. The van der Waals surface area contributed by atoms with Gasteiger partial charge in [0, 0.05) is 6.07 Å². The summed E-state index contributed by atoms with van der Waals surface area (Å²) in [7, 11) is 0. The zero-order valence-electron chi connectivity index (χ0n) is 10.6. The van der Waals surface area contributed by atoms with E-state index >= 15 is 0 Å². The molecule has 0 aliphatic carbocycles. The van der Waals surface area contributed by atoms with Crippen LogP contribution in [0.1, 0.15) is 24.6 Å². The van der Waals surface area contributed by atoms with Gasteiger partial charge in [0.05, 0.1) is 22.7 Å². The van der Waals surface area contributed by atoms with E-state index < -0.39 is 4.92 Å². The molecule has 0 aliphatic heterocycles. The molecule has 0 unspecified atom stereocenters. The number of nitrogens with zero attached hydrogens (tertiary/aromatic N) is 4. The predicted octanol–water partition coefficient (Wildman–Crippen LogP) is 1.77. The molecule has 1 aromatic heterocycles. The van der Waals surface area contributed by atoms with Gasteiger partial charge in [-0.1, -0.05) is 36.8 Å². The van der Waals surface area contributed by atoms with Crippen LogP contribution in [0.4, 0.5) is 11.5 Å². The third-order valence-electron chi connectivity index (χ3n) is 2.86. The smallest absolute Gasteiger partial charge is 0.274 e. The molecule has 1 heterocycles. The molecular weight excluding hydrogens is 246 g/mol. The van der Waals surface area contributed by atoms with Crippen LogP contribution in [-0.2, 0) is 13.0 Å². The van der Waals surface area contributed by atoms with Crippen LogP contribution in [0.15, 0.2) is 24.3 Å². The van der Waals surface area contributed by atoms with E-state index in [1.165, 1.54) is 6.07 Å². The molecule has 0 spiro atoms. The van der Waals surface area contributed by atoms with Crippen LogP contribution >= 0.6 is 0 Å². The van der Waals surface area contributed by atoms with Gasteiger partial charge in [0.25, 0.3) is 5.69 Å². The van der Waals surface area contributed by atoms with Gasteiger partial charge in [0.1, 0.15) is 0 Å². The lowest BCUT2D eigenvalue weighted by molar-refractivity contribution is -0.385. The minimum atomic E-state index is -0.394. The molecule has 0 fully saturated rings. The summed E-state index contributed by atoms with van der Waals surface area (Å²) in [4.78, 5) is 10.6. The molecule has 1 aromatic carbocycles. The van der Waals surface area contributed by atoms with Crippen molar-refractivity contribution in [3.05, 3.63) is 45.6 Å². The first-order valence-electron chi connectivity index (χ1n) is 6.03. The van der Waals surface area contributed by atoms with Gasteiger partial charge < -0.3 is 5.73 Å². The van der Waals surface area contributed by atoms with E-state index in [0.29, 0.717) is 17.9 Å². The number of hydrogen-bond acceptors (Lipinski definition) is 5. The van der Waals surface area contributed by atoms with Gasteiger partial charge >= 0.3 is 0 Å². The van der Waals surface area contributed by atoms with Crippen LogP contribution in [0.25, 0.3) is 0 Å². The summed E-state index contributed by atoms with van der Waals surface area (Å²) < 4.78 is 1.63. The summed E-state index contributed by atoms with van der Waals surface area (Å²) in [6.45, 7) is 2.33. The zero-order valence-corrected chi connectivity index (χ0v) is 10.6. The van der Waals surface area contributed by atoms with Gasteiger partial charge in [0.2, 0.25) is 0 Å². The van der Waals surface area contributed by atoms with Crippen molar-refractivity contribution in [3.63, 3.8) is 0 Å². The Morgan fingerprint density at radius 1 is 1.42 bits per heavy atom. The van der Waals surface area contributed by atoms with E-state index in [2.05, 4.69) is 10.3 Å². The maximum atomic E-state index is 11.0. The van der Waals surface area contributed by atoms with E-state index in [9.17, 15) is 10.1 Å². The van der Waals surface area contributed by atoms with E-state index in [-0.39, 0.29) is 5.69 Å². The second-order valence-electron chi connectivity index (χ2n) is 4.21. The number of nitro groups is 1. The Labute approximate surface area is 110 Å². The average Bonchev–Trinajstić information content (AvgIpc) is 2.72. The minimum Gasteiger partial charge on any atom is -0.381 e. The van der Waals surface area contributed by atoms with E-state index in [0.717, 1.165) is 18.5 Å². The van der Waals surface area contributed by atoms with Crippen molar-refractivity contribution in [1.82, 2.24) is 15.0 Å². The second-order valence-corrected chi connectivity index (χ2v) is 4.21. The monoisotopic (exact) mass is 261 g/mol. The number of hydrogen-bond donors (Lipinski definition) is 1. The number of nitrogens with two attached hydrogens (primary N) is 1. The largest absolute Gasteiger partial charge is 0.381 e. The number of benzene rings is 1. The third kappa shape index (κ3) is 2.70. The molecule has 0 radical (unpaired) electrons. The fourth-order valence-electron chi connectivity index (χ4n) is 1.95. The van der Waals surface area contributed by atoms with Crippen molar-refractivity contribution in [1.29, 1.82) is 0 Å². The van der Waals surface area contributed by atoms with Crippen LogP contribution in [0.5, 0.6) is 0 Å². The lowest BCUT2D eigenvalue weighted by atomic mass is 10.1. The van der Waals surface area contributed by atoms with Crippen LogP contribution in [0.2, 0.25) is 0 Å². The Balaban J connectivity index is 2.34. The zero-order chi connectivity index (χ0) is 13.8. The molecule has 0 bridgehead atoms. The van der Waals surface area contributed by atoms with Gasteiger partial charge in [0.15, 0.2) is 5.82 Å². The summed E-state index contributed by atoms with van der Waals surface area (Å²) in [6.07, 6.45) is 1.66. The maximum Gasteiger partial charge on any atom is 0.274 e. The fourth-order valence-corrected chi connectivity index (χ4v) is 1.95. The standard InChI is InChI=1S/C12H15N5O2/c1-2-5-11-12(13)14-15-16(11)8-9-6-3-4-7-10(9)17(18)19/h3-4,6-7H,2,5,8,13H2,1H3. The number of aromatic nitrogens is 3. The van der Waals surface area contributed by atoms with E-state index in [4.69, 9.17) is 5.73 Å². The van der Waals surface area contributed by atoms with Crippen molar-refractivity contribution in [2.24, 2.45) is 0 Å². The van der Waals surface area contributed by atoms with Crippen molar-refractivity contribution < 1.29 is 4.92 Å². The van der Waals surface area contributed by atoms with Crippen molar-refractivity contribution in [3.8, 4) is 0 Å². The van der Waals surface area contributed by atoms with Crippen LogP contribution < -0.4 is 5.73 Å². The lowest BCUT2D eigenvalue weighted by Crippen LogP contribution is -2.09. The molecule has 19 heavy (non-hydrogen) atoms. The molecule has 2 rings (SSSR count). The Hall–Kier alpha value is -2.44. The van der Waals surface area contributed by atoms with E-state index in [1.54, 1.807) is 22.9 Å². The van der Waals surface area contributed by atoms with Gasteiger partial charge in [-0.25, -0.2) is 4.68 Å². The van der Waals surface area contributed by atoms with Gasteiger partial charge in [-0.3, -0.25) is 10.1 Å². The number of rotatable bonds is 5. The number of anilines is 1. The van der Waals surface area contributed by atoms with Gasteiger partial charge in [-0.05, 0) is 6.42 Å². The number of nitrogen functional groups attached to an aromatic ring is 1. The van der Waals surface area contributed by atoms with Crippen molar-refractivity contribution in [2.45, 2.75) is 26.3 Å². The molecule has 100 valence electrons. The molecule has 0 saturated carbocycles. The second kappa shape index (κ2) is 5.47. The molecule has 0 aliphatic rings. The van der Waals surface area contributed by atoms with Crippen LogP contribution in [-0.4, -0.2) is 19.9 Å². The summed E-state index contributed by atoms with van der Waals surface area (Å²) in [5, 5.41) is 18.7. The van der Waals surface area contributed by atoms with Gasteiger partial charge in [-0.15, -0.1) is 5.10 Å². The van der Waals surface area contributed by atoms with Crippen LogP contribution in [0.3, 0.4) is 0 Å².